The number of rotatable bonds is 5. The molecule has 1 N–H and O–H groups in total. The fraction of sp³-hybridized carbons (Fsp3) is 0.375. The summed E-state index contributed by atoms with van der Waals surface area (Å²) in [5.41, 5.74) is 2.22. The molecule has 0 saturated heterocycles. The van der Waals surface area contributed by atoms with E-state index in [0.29, 0.717) is 30.0 Å². The Morgan fingerprint density at radius 1 is 1.22 bits per heavy atom. The molecule has 1 aliphatic heterocycles. The van der Waals surface area contributed by atoms with Crippen LogP contribution in [0.4, 0.5) is 10.5 Å². The molecule has 1 atom stereocenters. The minimum atomic E-state index is -0.887. The van der Waals surface area contributed by atoms with Gasteiger partial charge in [0.2, 0.25) is 0 Å². The molecule has 32 heavy (non-hydrogen) atoms. The second kappa shape index (κ2) is 9.30. The first-order valence-electron chi connectivity index (χ1n) is 10.3. The maximum atomic E-state index is 12.7. The summed E-state index contributed by atoms with van der Waals surface area (Å²) in [4.78, 5) is 26.7. The Labute approximate surface area is 187 Å². The molecule has 0 radical (unpaired) electrons. The van der Waals surface area contributed by atoms with Crippen molar-refractivity contribution in [3.05, 3.63) is 59.2 Å². The predicted molar refractivity (Wildman–Crippen MR) is 117 cm³/mol. The molecule has 2 aromatic carbocycles. The number of ether oxygens (including phenoxy) is 3. The molecule has 0 aliphatic carbocycles. The highest BCUT2D eigenvalue weighted by atomic mass is 16.6. The molecular formula is C24H29N2O6+. The second-order valence-electron chi connectivity index (χ2n) is 8.53. The van der Waals surface area contributed by atoms with Crippen molar-refractivity contribution in [3.63, 3.8) is 0 Å². The maximum Gasteiger partial charge on any atom is 0.411 e. The molecule has 0 fully saturated rings. The molecule has 0 saturated carbocycles. The quantitative estimate of drug-likeness (QED) is 0.248. The molecule has 1 amide bonds. The number of carbonyl (C=O) groups is 2. The van der Waals surface area contributed by atoms with Gasteiger partial charge in [0.25, 0.3) is 5.69 Å². The number of methoxy groups -OCH3 is 1. The lowest BCUT2D eigenvalue weighted by atomic mass is 9.92. The molecule has 8 nitrogen and oxygen atoms in total. The van der Waals surface area contributed by atoms with Gasteiger partial charge in [0.05, 0.1) is 12.7 Å². The van der Waals surface area contributed by atoms with Crippen LogP contribution in [-0.4, -0.2) is 52.9 Å². The molecular weight excluding hydrogens is 412 g/mol. The first-order valence-corrected chi connectivity index (χ1v) is 10.3. The van der Waals surface area contributed by atoms with Gasteiger partial charge < -0.3 is 14.2 Å². The lowest BCUT2D eigenvalue weighted by molar-refractivity contribution is -0.706. The monoisotopic (exact) mass is 441 g/mol. The van der Waals surface area contributed by atoms with Crippen molar-refractivity contribution in [1.29, 1.82) is 0 Å². The third-order valence-corrected chi connectivity index (χ3v) is 5.06. The summed E-state index contributed by atoms with van der Waals surface area (Å²) in [5, 5.41) is 9.69. The van der Waals surface area contributed by atoms with Gasteiger partial charge in [-0.1, -0.05) is 18.2 Å². The average molecular weight is 442 g/mol. The highest BCUT2D eigenvalue weighted by Gasteiger charge is 2.39. The smallest absolute Gasteiger partial charge is 0.411 e. The van der Waals surface area contributed by atoms with Crippen LogP contribution >= 0.6 is 0 Å². The van der Waals surface area contributed by atoms with Crippen LogP contribution in [0, 0.1) is 0 Å². The van der Waals surface area contributed by atoms with E-state index in [-0.39, 0.29) is 6.61 Å². The molecule has 2 aromatic rings. The van der Waals surface area contributed by atoms with Crippen LogP contribution in [0.1, 0.15) is 43.5 Å². The molecule has 3 rings (SSSR count). The highest BCUT2D eigenvalue weighted by Crippen LogP contribution is 2.34. The topological polar surface area (TPSA) is 88.3 Å². The summed E-state index contributed by atoms with van der Waals surface area (Å²) in [5.74, 6) is 0.0827. The van der Waals surface area contributed by atoms with Crippen LogP contribution in [0.15, 0.2) is 42.5 Å². The average Bonchev–Trinajstić information content (AvgIpc) is 2.75. The standard InChI is InChI=1S/C24H29N2O6/c1-24(2,3)32-23(28)26-13-12-16-14-18(10-11-19(16)21(26)22(27)30-5)31-15-17-8-6-7-9-20(17)25(4)29/h6-11,14,21,29H,4,12-13,15H2,1-3,5H3/q+1/t21-/m1/s1. The minimum absolute atomic E-state index is 0.228. The highest BCUT2D eigenvalue weighted by molar-refractivity contribution is 5.84. The summed E-state index contributed by atoms with van der Waals surface area (Å²) in [7, 11) is 1.30. The van der Waals surface area contributed by atoms with Crippen molar-refractivity contribution in [2.45, 2.75) is 45.4 Å². The number of nitrogens with zero attached hydrogens (tertiary/aromatic N) is 2. The summed E-state index contributed by atoms with van der Waals surface area (Å²) in [6, 6.07) is 11.7. The van der Waals surface area contributed by atoms with E-state index in [1.165, 1.54) is 12.0 Å². The molecule has 0 bridgehead atoms. The Morgan fingerprint density at radius 2 is 1.94 bits per heavy atom. The summed E-state index contributed by atoms with van der Waals surface area (Å²) in [6.07, 6.45) is -0.0173. The zero-order valence-electron chi connectivity index (χ0n) is 18.8. The Balaban J connectivity index is 1.83. The maximum absolute atomic E-state index is 12.7. The van der Waals surface area contributed by atoms with Crippen LogP contribution in [0.25, 0.3) is 0 Å². The predicted octanol–water partition coefficient (Wildman–Crippen LogP) is 4.01. The van der Waals surface area contributed by atoms with E-state index in [2.05, 4.69) is 6.72 Å². The molecule has 8 heteroatoms. The molecule has 1 heterocycles. The summed E-state index contributed by atoms with van der Waals surface area (Å²) < 4.78 is 17.2. The molecule has 0 unspecified atom stereocenters. The van der Waals surface area contributed by atoms with E-state index in [4.69, 9.17) is 14.2 Å². The lowest BCUT2D eigenvalue weighted by Gasteiger charge is -2.36. The van der Waals surface area contributed by atoms with E-state index in [1.54, 1.807) is 45.0 Å². The van der Waals surface area contributed by atoms with Crippen molar-refractivity contribution < 1.29 is 33.7 Å². The van der Waals surface area contributed by atoms with Crippen molar-refractivity contribution in [2.24, 2.45) is 0 Å². The fourth-order valence-electron chi connectivity index (χ4n) is 3.62. The number of benzene rings is 2. The van der Waals surface area contributed by atoms with Gasteiger partial charge in [-0.15, -0.1) is 0 Å². The second-order valence-corrected chi connectivity index (χ2v) is 8.53. The number of esters is 1. The van der Waals surface area contributed by atoms with Crippen LogP contribution in [0.5, 0.6) is 5.75 Å². The molecule has 170 valence electrons. The Bertz CT molecular complexity index is 1030. The Kier molecular flexibility index (Phi) is 6.72. The van der Waals surface area contributed by atoms with Crippen LogP contribution in [0.2, 0.25) is 0 Å². The number of hydrogen-bond donors (Lipinski definition) is 1. The molecule has 0 spiro atoms. The van der Waals surface area contributed by atoms with E-state index >= 15 is 0 Å². The molecule has 0 aromatic heterocycles. The van der Waals surface area contributed by atoms with Crippen molar-refractivity contribution in [2.75, 3.05) is 13.7 Å². The van der Waals surface area contributed by atoms with Crippen LogP contribution in [0.3, 0.4) is 0 Å². The first-order chi connectivity index (χ1) is 15.1. The summed E-state index contributed by atoms with van der Waals surface area (Å²) in [6.45, 7) is 9.39. The normalized spacial score (nSPS) is 15.5. The number of amides is 1. The Hall–Kier alpha value is -3.55. The largest absolute Gasteiger partial charge is 0.489 e. The van der Waals surface area contributed by atoms with Crippen molar-refractivity contribution >= 4 is 24.5 Å². The number of carbonyl (C=O) groups excluding carboxylic acids is 2. The zero-order valence-corrected chi connectivity index (χ0v) is 18.8. The van der Waals surface area contributed by atoms with Crippen molar-refractivity contribution in [3.8, 4) is 5.75 Å². The van der Waals surface area contributed by atoms with Gasteiger partial charge in [0.1, 0.15) is 18.0 Å². The minimum Gasteiger partial charge on any atom is -0.489 e. The van der Waals surface area contributed by atoms with Gasteiger partial charge >= 0.3 is 12.1 Å². The number of hydrogen-bond acceptors (Lipinski definition) is 6. The van der Waals surface area contributed by atoms with Gasteiger partial charge in [-0.3, -0.25) is 10.1 Å². The van der Waals surface area contributed by atoms with Crippen molar-refractivity contribution in [1.82, 2.24) is 4.90 Å². The fourth-order valence-corrected chi connectivity index (χ4v) is 3.62. The number of fused-ring (bicyclic) bond motifs is 1. The lowest BCUT2D eigenvalue weighted by Crippen LogP contribution is -2.46. The van der Waals surface area contributed by atoms with Crippen LogP contribution < -0.4 is 4.74 Å². The van der Waals surface area contributed by atoms with E-state index in [1.807, 2.05) is 18.2 Å². The SMILES string of the molecule is C=[N+](O)c1ccccc1COc1ccc2c(c1)CCN(C(=O)OC(C)(C)C)[C@H]2C(=O)OC. The van der Waals surface area contributed by atoms with Gasteiger partial charge in [-0.25, -0.2) is 9.59 Å². The first kappa shape index (κ1) is 23.1. The Morgan fingerprint density at radius 3 is 2.59 bits per heavy atom. The van der Waals surface area contributed by atoms with Gasteiger partial charge in [-0.05, 0) is 56.5 Å². The van der Waals surface area contributed by atoms with Crippen LogP contribution in [-0.2, 0) is 27.3 Å². The van der Waals surface area contributed by atoms with E-state index in [9.17, 15) is 14.8 Å². The zero-order chi connectivity index (χ0) is 23.5. The van der Waals surface area contributed by atoms with E-state index in [0.717, 1.165) is 15.9 Å². The number of para-hydroxylation sites is 1. The third kappa shape index (κ3) is 5.19. The van der Waals surface area contributed by atoms with Gasteiger partial charge in [-0.2, -0.15) is 0 Å². The van der Waals surface area contributed by atoms with E-state index < -0.39 is 23.7 Å². The van der Waals surface area contributed by atoms with Gasteiger partial charge in [0.15, 0.2) is 12.8 Å². The molecule has 1 aliphatic rings. The third-order valence-electron chi connectivity index (χ3n) is 5.06. The summed E-state index contributed by atoms with van der Waals surface area (Å²) >= 11 is 0. The van der Waals surface area contributed by atoms with Gasteiger partial charge in [0, 0.05) is 17.3 Å².